The summed E-state index contributed by atoms with van der Waals surface area (Å²) in [5.41, 5.74) is 1.14. The van der Waals surface area contributed by atoms with E-state index in [9.17, 15) is 9.59 Å². The molecule has 7 nitrogen and oxygen atoms in total. The van der Waals surface area contributed by atoms with E-state index in [2.05, 4.69) is 5.32 Å². The number of rotatable bonds is 6. The molecule has 1 heterocycles. The molecule has 3 rings (SSSR count). The number of amides is 2. The monoisotopic (exact) mass is 356 g/mol. The van der Waals surface area contributed by atoms with Crippen molar-refractivity contribution in [3.63, 3.8) is 0 Å². The second kappa shape index (κ2) is 7.35. The molecule has 0 saturated carbocycles. The maximum atomic E-state index is 12.8. The molecule has 0 aliphatic carbocycles. The topological polar surface area (TPSA) is 77.1 Å². The Hall–Kier alpha value is -3.22. The van der Waals surface area contributed by atoms with E-state index in [1.165, 1.54) is 14.2 Å². The Balaban J connectivity index is 1.82. The average molecular weight is 356 g/mol. The van der Waals surface area contributed by atoms with Crippen molar-refractivity contribution < 1.29 is 23.8 Å². The number of anilines is 2. The molecule has 0 unspecified atom stereocenters. The number of hydrogen-bond acceptors (Lipinski definition) is 6. The van der Waals surface area contributed by atoms with Gasteiger partial charge in [-0.2, -0.15) is 0 Å². The fourth-order valence-corrected chi connectivity index (χ4v) is 2.86. The van der Waals surface area contributed by atoms with E-state index in [0.717, 1.165) is 10.6 Å². The maximum Gasteiger partial charge on any atom is 0.256 e. The number of hydrogen-bond donors (Lipinski definition) is 1. The minimum Gasteiger partial charge on any atom is -0.497 e. The molecule has 26 heavy (non-hydrogen) atoms. The fraction of sp³-hybridized carbons (Fsp3) is 0.263. The van der Waals surface area contributed by atoms with Gasteiger partial charge in [-0.05, 0) is 36.4 Å². The van der Waals surface area contributed by atoms with Crippen LogP contribution in [-0.2, 0) is 9.59 Å². The zero-order chi connectivity index (χ0) is 18.7. The van der Waals surface area contributed by atoms with Gasteiger partial charge >= 0.3 is 0 Å². The molecule has 2 aromatic rings. The van der Waals surface area contributed by atoms with Gasteiger partial charge in [0, 0.05) is 11.8 Å². The molecule has 1 N–H and O–H groups in total. The Labute approximate surface area is 151 Å². The summed E-state index contributed by atoms with van der Waals surface area (Å²) in [6.07, 6.45) is 0.0695. The van der Waals surface area contributed by atoms with Crippen LogP contribution in [0.25, 0.3) is 0 Å². The van der Waals surface area contributed by atoms with Crippen LogP contribution in [0.15, 0.2) is 42.5 Å². The van der Waals surface area contributed by atoms with E-state index >= 15 is 0 Å². The molecule has 0 spiro atoms. The van der Waals surface area contributed by atoms with Crippen LogP contribution < -0.4 is 24.4 Å². The van der Waals surface area contributed by atoms with Crippen LogP contribution in [0, 0.1) is 0 Å². The molecule has 1 aliphatic heterocycles. The predicted octanol–water partition coefficient (Wildman–Crippen LogP) is 2.46. The fourth-order valence-electron chi connectivity index (χ4n) is 2.86. The molecule has 1 saturated heterocycles. The number of nitrogens with one attached hydrogen (secondary N) is 1. The van der Waals surface area contributed by atoms with E-state index < -0.39 is 6.04 Å². The third-order valence-electron chi connectivity index (χ3n) is 4.21. The number of methoxy groups -OCH3 is 3. The van der Waals surface area contributed by atoms with Gasteiger partial charge in [0.05, 0.1) is 33.4 Å². The van der Waals surface area contributed by atoms with Crippen molar-refractivity contribution in [3.05, 3.63) is 42.5 Å². The highest BCUT2D eigenvalue weighted by Crippen LogP contribution is 2.35. The van der Waals surface area contributed by atoms with Gasteiger partial charge in [-0.15, -0.1) is 0 Å². The normalized spacial score (nSPS) is 16.6. The summed E-state index contributed by atoms with van der Waals surface area (Å²) in [6, 6.07) is 11.5. The molecule has 0 bridgehead atoms. The highest BCUT2D eigenvalue weighted by molar-refractivity contribution is 6.23. The first kappa shape index (κ1) is 17.6. The quantitative estimate of drug-likeness (QED) is 0.801. The standard InChI is InChI=1S/C19H20N2O5/c1-24-13-6-4-12(5-7-13)20-15-11-18(22)21(19(15)23)16-9-8-14(25-2)10-17(16)26-3/h4-10,15,20H,11H2,1-3H3/t15-/m0/s1. The zero-order valence-corrected chi connectivity index (χ0v) is 14.8. The molecule has 2 amide bonds. The van der Waals surface area contributed by atoms with E-state index in [1.54, 1.807) is 49.6 Å². The summed E-state index contributed by atoms with van der Waals surface area (Å²) in [7, 11) is 4.60. The molecule has 1 atom stereocenters. The first-order chi connectivity index (χ1) is 12.6. The second-order valence-corrected chi connectivity index (χ2v) is 5.73. The Morgan fingerprint density at radius 2 is 1.58 bits per heavy atom. The van der Waals surface area contributed by atoms with Crippen LogP contribution >= 0.6 is 0 Å². The minimum atomic E-state index is -0.636. The first-order valence-electron chi connectivity index (χ1n) is 8.06. The Morgan fingerprint density at radius 1 is 0.923 bits per heavy atom. The van der Waals surface area contributed by atoms with Gasteiger partial charge in [0.2, 0.25) is 5.91 Å². The summed E-state index contributed by atoms with van der Waals surface area (Å²) < 4.78 is 15.6. The molecular formula is C19H20N2O5. The van der Waals surface area contributed by atoms with Crippen LogP contribution in [0.4, 0.5) is 11.4 Å². The summed E-state index contributed by atoms with van der Waals surface area (Å²) >= 11 is 0. The molecule has 0 radical (unpaired) electrons. The maximum absolute atomic E-state index is 12.8. The van der Waals surface area contributed by atoms with Crippen LogP contribution in [0.1, 0.15) is 6.42 Å². The van der Waals surface area contributed by atoms with Crippen molar-refractivity contribution in [1.29, 1.82) is 0 Å². The summed E-state index contributed by atoms with van der Waals surface area (Å²) in [4.78, 5) is 26.4. The molecule has 2 aromatic carbocycles. The smallest absolute Gasteiger partial charge is 0.256 e. The molecular weight excluding hydrogens is 336 g/mol. The molecule has 1 fully saturated rings. The minimum absolute atomic E-state index is 0.0695. The van der Waals surface area contributed by atoms with E-state index in [1.807, 2.05) is 0 Å². The van der Waals surface area contributed by atoms with Gasteiger partial charge < -0.3 is 19.5 Å². The van der Waals surface area contributed by atoms with Gasteiger partial charge in [0.15, 0.2) is 0 Å². The van der Waals surface area contributed by atoms with Crippen molar-refractivity contribution in [1.82, 2.24) is 0 Å². The van der Waals surface area contributed by atoms with Crippen LogP contribution in [0.3, 0.4) is 0 Å². The highest BCUT2D eigenvalue weighted by Gasteiger charge is 2.40. The Bertz CT molecular complexity index is 819. The number of imide groups is 1. The number of nitrogens with zero attached hydrogens (tertiary/aromatic N) is 1. The SMILES string of the molecule is COc1ccc(N[C@H]2CC(=O)N(c3ccc(OC)cc3OC)C2=O)cc1. The van der Waals surface area contributed by atoms with Crippen molar-refractivity contribution in [2.45, 2.75) is 12.5 Å². The number of ether oxygens (including phenoxy) is 3. The van der Waals surface area contributed by atoms with E-state index in [4.69, 9.17) is 14.2 Å². The van der Waals surface area contributed by atoms with Crippen LogP contribution in [0.2, 0.25) is 0 Å². The van der Waals surface area contributed by atoms with Crippen LogP contribution in [-0.4, -0.2) is 39.2 Å². The lowest BCUT2D eigenvalue weighted by Gasteiger charge is -2.19. The summed E-state index contributed by atoms with van der Waals surface area (Å²) in [6.45, 7) is 0. The van der Waals surface area contributed by atoms with Crippen LogP contribution in [0.5, 0.6) is 17.2 Å². The van der Waals surface area contributed by atoms with Gasteiger partial charge in [-0.25, -0.2) is 4.90 Å². The van der Waals surface area contributed by atoms with Gasteiger partial charge in [-0.3, -0.25) is 9.59 Å². The largest absolute Gasteiger partial charge is 0.497 e. The third-order valence-corrected chi connectivity index (χ3v) is 4.21. The summed E-state index contributed by atoms with van der Waals surface area (Å²) in [5, 5.41) is 3.10. The second-order valence-electron chi connectivity index (χ2n) is 5.73. The van der Waals surface area contributed by atoms with Gasteiger partial charge in [0.25, 0.3) is 5.91 Å². The summed E-state index contributed by atoms with van der Waals surface area (Å²) in [5.74, 6) is 1.08. The zero-order valence-electron chi connectivity index (χ0n) is 14.8. The van der Waals surface area contributed by atoms with E-state index in [0.29, 0.717) is 22.9 Å². The Kier molecular flexibility index (Phi) is 4.97. The average Bonchev–Trinajstić information content (AvgIpc) is 2.95. The third kappa shape index (κ3) is 3.28. The van der Waals surface area contributed by atoms with Crippen molar-refractivity contribution in [3.8, 4) is 17.2 Å². The lowest BCUT2D eigenvalue weighted by Crippen LogP contribution is -2.35. The predicted molar refractivity (Wildman–Crippen MR) is 97.1 cm³/mol. The van der Waals surface area contributed by atoms with Gasteiger partial charge in [0.1, 0.15) is 23.3 Å². The molecule has 1 aliphatic rings. The first-order valence-corrected chi connectivity index (χ1v) is 8.06. The van der Waals surface area contributed by atoms with E-state index in [-0.39, 0.29) is 18.2 Å². The van der Waals surface area contributed by atoms with Crippen molar-refractivity contribution in [2.24, 2.45) is 0 Å². The van der Waals surface area contributed by atoms with Crippen molar-refractivity contribution in [2.75, 3.05) is 31.5 Å². The molecule has 136 valence electrons. The number of benzene rings is 2. The molecule has 0 aromatic heterocycles. The van der Waals surface area contributed by atoms with Crippen molar-refractivity contribution >= 4 is 23.2 Å². The number of carbonyl (C=O) groups excluding carboxylic acids is 2. The lowest BCUT2D eigenvalue weighted by molar-refractivity contribution is -0.121. The molecule has 7 heteroatoms. The highest BCUT2D eigenvalue weighted by atomic mass is 16.5. The lowest BCUT2D eigenvalue weighted by atomic mass is 10.2. The Morgan fingerprint density at radius 3 is 2.19 bits per heavy atom. The number of carbonyl (C=O) groups is 2. The van der Waals surface area contributed by atoms with Gasteiger partial charge in [-0.1, -0.05) is 0 Å².